The van der Waals surface area contributed by atoms with Gasteiger partial charge in [0, 0.05) is 18.3 Å². The molecule has 2 heterocycles. The van der Waals surface area contributed by atoms with Gasteiger partial charge in [0.2, 0.25) is 0 Å². The zero-order valence-electron chi connectivity index (χ0n) is 13.5. The van der Waals surface area contributed by atoms with E-state index in [1.165, 1.54) is 12.3 Å². The molecule has 1 amide bonds. The number of primary amides is 1. The number of aryl methyl sites for hydroxylation is 1. The molecule has 2 aromatic rings. The Labute approximate surface area is 139 Å². The summed E-state index contributed by atoms with van der Waals surface area (Å²) in [5.41, 5.74) is 12.6. The summed E-state index contributed by atoms with van der Waals surface area (Å²) in [5, 5.41) is 7.35. The van der Waals surface area contributed by atoms with Crippen molar-refractivity contribution in [2.75, 3.05) is 5.32 Å². The van der Waals surface area contributed by atoms with E-state index in [0.717, 1.165) is 25.7 Å². The van der Waals surface area contributed by atoms with Gasteiger partial charge in [0.05, 0.1) is 23.6 Å². The van der Waals surface area contributed by atoms with Gasteiger partial charge in [0.15, 0.2) is 5.82 Å². The van der Waals surface area contributed by atoms with Crippen LogP contribution in [0.15, 0.2) is 18.5 Å². The van der Waals surface area contributed by atoms with E-state index in [1.54, 1.807) is 17.8 Å². The molecule has 7 nitrogen and oxygen atoms in total. The lowest BCUT2D eigenvalue weighted by atomic mass is 9.91. The molecule has 0 spiro atoms. The summed E-state index contributed by atoms with van der Waals surface area (Å²) >= 11 is 0. The molecular formula is C16H21FN6O. The molecule has 24 heavy (non-hydrogen) atoms. The summed E-state index contributed by atoms with van der Waals surface area (Å²) in [4.78, 5) is 15.7. The second-order valence-electron chi connectivity index (χ2n) is 6.17. The number of aromatic nitrogens is 3. The van der Waals surface area contributed by atoms with Gasteiger partial charge in [-0.05, 0) is 19.8 Å². The van der Waals surface area contributed by atoms with Crippen LogP contribution in [-0.4, -0.2) is 26.7 Å². The Morgan fingerprint density at radius 1 is 1.42 bits per heavy atom. The minimum Gasteiger partial charge on any atom is -0.365 e. The number of nitrogens with two attached hydrogens (primary N) is 2. The summed E-state index contributed by atoms with van der Waals surface area (Å²) in [6.07, 6.45) is 7.08. The van der Waals surface area contributed by atoms with Gasteiger partial charge < -0.3 is 16.8 Å². The smallest absolute Gasteiger partial charge is 0.254 e. The van der Waals surface area contributed by atoms with Crippen LogP contribution in [0.3, 0.4) is 0 Å². The second-order valence-corrected chi connectivity index (χ2v) is 6.17. The number of carbonyl (C=O) groups excluding carboxylic acids is 1. The van der Waals surface area contributed by atoms with E-state index in [-0.39, 0.29) is 23.5 Å². The summed E-state index contributed by atoms with van der Waals surface area (Å²) in [6.45, 7) is 1.58. The summed E-state index contributed by atoms with van der Waals surface area (Å²) in [6, 6.07) is 1.32. The third-order valence-electron chi connectivity index (χ3n) is 4.41. The number of rotatable bonds is 4. The Kier molecular flexibility index (Phi) is 4.48. The van der Waals surface area contributed by atoms with E-state index in [9.17, 15) is 9.18 Å². The molecule has 2 unspecified atom stereocenters. The molecule has 5 N–H and O–H groups in total. The number of anilines is 2. The van der Waals surface area contributed by atoms with Crippen molar-refractivity contribution < 1.29 is 9.18 Å². The largest absolute Gasteiger partial charge is 0.365 e. The lowest BCUT2D eigenvalue weighted by Crippen LogP contribution is -2.35. The van der Waals surface area contributed by atoms with E-state index >= 15 is 0 Å². The molecule has 3 rings (SSSR count). The van der Waals surface area contributed by atoms with Crippen LogP contribution in [0.25, 0.3) is 0 Å². The molecule has 1 saturated carbocycles. The fourth-order valence-electron chi connectivity index (χ4n) is 3.01. The average molecular weight is 332 g/mol. The molecule has 0 aromatic carbocycles. The van der Waals surface area contributed by atoms with Crippen LogP contribution in [0.1, 0.15) is 47.8 Å². The van der Waals surface area contributed by atoms with Crippen LogP contribution < -0.4 is 16.8 Å². The molecular weight excluding hydrogens is 311 g/mol. The topological polar surface area (TPSA) is 112 Å². The van der Waals surface area contributed by atoms with E-state index in [0.29, 0.717) is 11.4 Å². The van der Waals surface area contributed by atoms with Gasteiger partial charge >= 0.3 is 0 Å². The maximum absolute atomic E-state index is 13.7. The van der Waals surface area contributed by atoms with E-state index in [1.807, 2.05) is 0 Å². The highest BCUT2D eigenvalue weighted by Gasteiger charge is 2.26. The fraction of sp³-hybridized carbons (Fsp3) is 0.438. The molecule has 128 valence electrons. The number of halogens is 1. The third kappa shape index (κ3) is 3.23. The molecule has 0 aliphatic heterocycles. The highest BCUT2D eigenvalue weighted by Crippen LogP contribution is 2.29. The summed E-state index contributed by atoms with van der Waals surface area (Å²) < 4.78 is 15.4. The molecule has 0 radical (unpaired) electrons. The molecule has 1 aliphatic rings. The van der Waals surface area contributed by atoms with Crippen molar-refractivity contribution in [3.63, 3.8) is 0 Å². The Balaban J connectivity index is 1.91. The number of pyridine rings is 1. The van der Waals surface area contributed by atoms with Crippen molar-refractivity contribution >= 4 is 17.4 Å². The highest BCUT2D eigenvalue weighted by atomic mass is 19.1. The molecule has 0 saturated heterocycles. The first-order valence-corrected chi connectivity index (χ1v) is 7.99. The molecule has 1 fully saturated rings. The average Bonchev–Trinajstić information content (AvgIpc) is 2.95. The lowest BCUT2D eigenvalue weighted by Gasteiger charge is -2.28. The van der Waals surface area contributed by atoms with Crippen molar-refractivity contribution in [2.24, 2.45) is 11.5 Å². The molecule has 2 atom stereocenters. The predicted octanol–water partition coefficient (Wildman–Crippen LogP) is 2.01. The van der Waals surface area contributed by atoms with E-state index in [4.69, 9.17) is 11.5 Å². The molecule has 2 aromatic heterocycles. The lowest BCUT2D eigenvalue weighted by molar-refractivity contribution is 0.100. The van der Waals surface area contributed by atoms with Crippen molar-refractivity contribution in [3.05, 3.63) is 35.5 Å². The van der Waals surface area contributed by atoms with E-state index < -0.39 is 11.7 Å². The van der Waals surface area contributed by atoms with Gasteiger partial charge in [-0.25, -0.2) is 4.39 Å². The van der Waals surface area contributed by atoms with Crippen LogP contribution in [0.5, 0.6) is 0 Å². The van der Waals surface area contributed by atoms with Crippen LogP contribution in [-0.2, 0) is 0 Å². The summed E-state index contributed by atoms with van der Waals surface area (Å²) in [7, 11) is 0. The Hall–Kier alpha value is -2.48. The number of amides is 1. The van der Waals surface area contributed by atoms with Crippen LogP contribution in [0, 0.1) is 12.7 Å². The predicted molar refractivity (Wildman–Crippen MR) is 88.4 cm³/mol. The first-order valence-electron chi connectivity index (χ1n) is 7.99. The standard InChI is InChI=1S/C16H21FN6O/c1-9-12(17)6-10(7-20-9)21-16-11(15(19)24)8-23(22-16)14-5-3-2-4-13(14)18/h6-8,13-14H,2-5,18H2,1H3,(H2,19,24)(H,21,22). The van der Waals surface area contributed by atoms with Gasteiger partial charge in [-0.15, -0.1) is 0 Å². The summed E-state index contributed by atoms with van der Waals surface area (Å²) in [5.74, 6) is -0.756. The van der Waals surface area contributed by atoms with Gasteiger partial charge in [-0.3, -0.25) is 14.5 Å². The number of carbonyl (C=O) groups is 1. The van der Waals surface area contributed by atoms with Crippen molar-refractivity contribution in [1.82, 2.24) is 14.8 Å². The van der Waals surface area contributed by atoms with E-state index in [2.05, 4.69) is 15.4 Å². The zero-order chi connectivity index (χ0) is 17.3. The van der Waals surface area contributed by atoms with Gasteiger partial charge in [-0.1, -0.05) is 12.8 Å². The monoisotopic (exact) mass is 332 g/mol. The number of nitrogens with one attached hydrogen (secondary N) is 1. The van der Waals surface area contributed by atoms with Crippen molar-refractivity contribution in [1.29, 1.82) is 0 Å². The number of hydrogen-bond acceptors (Lipinski definition) is 5. The third-order valence-corrected chi connectivity index (χ3v) is 4.41. The van der Waals surface area contributed by atoms with Gasteiger partial charge in [0.1, 0.15) is 11.4 Å². The Morgan fingerprint density at radius 3 is 2.83 bits per heavy atom. The van der Waals surface area contributed by atoms with Crippen molar-refractivity contribution in [2.45, 2.75) is 44.7 Å². The normalized spacial score (nSPS) is 20.8. The fourth-order valence-corrected chi connectivity index (χ4v) is 3.01. The molecule has 8 heteroatoms. The van der Waals surface area contributed by atoms with Crippen molar-refractivity contribution in [3.8, 4) is 0 Å². The van der Waals surface area contributed by atoms with Crippen LogP contribution in [0.4, 0.5) is 15.9 Å². The molecule has 0 bridgehead atoms. The number of nitrogens with zero attached hydrogens (tertiary/aromatic N) is 3. The first kappa shape index (κ1) is 16.4. The van der Waals surface area contributed by atoms with Gasteiger partial charge in [-0.2, -0.15) is 5.10 Å². The van der Waals surface area contributed by atoms with Crippen LogP contribution in [0.2, 0.25) is 0 Å². The SMILES string of the molecule is Cc1ncc(Nc2nn(C3CCCCC3N)cc2C(N)=O)cc1F. The number of hydrogen-bond donors (Lipinski definition) is 3. The first-order chi connectivity index (χ1) is 11.5. The minimum atomic E-state index is -0.603. The maximum atomic E-state index is 13.7. The van der Waals surface area contributed by atoms with Crippen LogP contribution >= 0.6 is 0 Å². The minimum absolute atomic E-state index is 0.00860. The maximum Gasteiger partial charge on any atom is 0.254 e. The Bertz CT molecular complexity index is 759. The zero-order valence-corrected chi connectivity index (χ0v) is 13.5. The van der Waals surface area contributed by atoms with Gasteiger partial charge in [0.25, 0.3) is 5.91 Å². The second kappa shape index (κ2) is 6.56. The quantitative estimate of drug-likeness (QED) is 0.793. The highest BCUT2D eigenvalue weighted by molar-refractivity contribution is 5.98. The molecule has 1 aliphatic carbocycles. The Morgan fingerprint density at radius 2 is 2.17 bits per heavy atom.